The molecular formula is C20H16ClN3O3S. The predicted octanol–water partition coefficient (Wildman–Crippen LogP) is 4.30. The molecule has 0 aliphatic carbocycles. The number of hydrogen-bond acceptors (Lipinski definition) is 4. The minimum atomic E-state index is -1.02. The minimum Gasteiger partial charge on any atom is -0.478 e. The monoisotopic (exact) mass is 413 g/mol. The fourth-order valence-electron chi connectivity index (χ4n) is 3.32. The fourth-order valence-corrected chi connectivity index (χ4v) is 3.77. The van der Waals surface area contributed by atoms with Crippen LogP contribution in [-0.2, 0) is 0 Å². The molecule has 6 nitrogen and oxygen atoms in total. The van der Waals surface area contributed by atoms with Gasteiger partial charge in [0.2, 0.25) is 0 Å². The van der Waals surface area contributed by atoms with E-state index >= 15 is 0 Å². The van der Waals surface area contributed by atoms with Gasteiger partial charge in [-0.15, -0.1) is 0 Å². The van der Waals surface area contributed by atoms with Crippen LogP contribution in [0.5, 0.6) is 0 Å². The molecule has 2 N–H and O–H groups in total. The SMILES string of the molecule is CN1C(=S)N[C@@H](c2ccccn2)[C@@H]1c1ccc(-c2cc(C(=O)O)ccc2Cl)o1. The highest BCUT2D eigenvalue weighted by atomic mass is 35.5. The summed E-state index contributed by atoms with van der Waals surface area (Å²) >= 11 is 11.7. The second kappa shape index (κ2) is 7.26. The summed E-state index contributed by atoms with van der Waals surface area (Å²) < 4.78 is 6.09. The molecule has 3 heterocycles. The van der Waals surface area contributed by atoms with E-state index in [1.165, 1.54) is 12.1 Å². The maximum atomic E-state index is 11.3. The zero-order valence-electron chi connectivity index (χ0n) is 14.8. The van der Waals surface area contributed by atoms with E-state index in [2.05, 4.69) is 10.3 Å². The molecule has 2 aromatic heterocycles. The maximum Gasteiger partial charge on any atom is 0.335 e. The summed E-state index contributed by atoms with van der Waals surface area (Å²) in [5.74, 6) is 0.149. The summed E-state index contributed by atoms with van der Waals surface area (Å²) in [5.41, 5.74) is 1.52. The van der Waals surface area contributed by atoms with Crippen LogP contribution in [0.1, 0.15) is 33.9 Å². The first kappa shape index (κ1) is 18.5. The van der Waals surface area contributed by atoms with Crippen molar-refractivity contribution < 1.29 is 14.3 Å². The predicted molar refractivity (Wildman–Crippen MR) is 109 cm³/mol. The van der Waals surface area contributed by atoms with Gasteiger partial charge in [-0.05, 0) is 54.7 Å². The van der Waals surface area contributed by atoms with Crippen LogP contribution in [0.3, 0.4) is 0 Å². The molecule has 2 atom stereocenters. The number of aromatic nitrogens is 1. The highest BCUT2D eigenvalue weighted by Gasteiger charge is 2.39. The van der Waals surface area contributed by atoms with Crippen LogP contribution < -0.4 is 5.32 Å². The summed E-state index contributed by atoms with van der Waals surface area (Å²) in [6.07, 6.45) is 1.74. The van der Waals surface area contributed by atoms with E-state index in [9.17, 15) is 9.90 Å². The number of nitrogens with one attached hydrogen (secondary N) is 1. The van der Waals surface area contributed by atoms with E-state index in [4.69, 9.17) is 28.2 Å². The zero-order chi connectivity index (χ0) is 19.8. The smallest absolute Gasteiger partial charge is 0.335 e. The Morgan fingerprint density at radius 1 is 1.29 bits per heavy atom. The van der Waals surface area contributed by atoms with Crippen LogP contribution in [0.2, 0.25) is 5.02 Å². The number of rotatable bonds is 4. The van der Waals surface area contributed by atoms with Gasteiger partial charge in [0.25, 0.3) is 0 Å². The van der Waals surface area contributed by atoms with Crippen molar-refractivity contribution in [1.29, 1.82) is 0 Å². The number of furan rings is 1. The zero-order valence-corrected chi connectivity index (χ0v) is 16.4. The van der Waals surface area contributed by atoms with Gasteiger partial charge in [0.05, 0.1) is 22.3 Å². The molecule has 0 spiro atoms. The van der Waals surface area contributed by atoms with Gasteiger partial charge in [0.15, 0.2) is 5.11 Å². The Kier molecular flexibility index (Phi) is 4.78. The first-order valence-corrected chi connectivity index (χ1v) is 9.31. The highest BCUT2D eigenvalue weighted by molar-refractivity contribution is 7.80. The number of carboxylic acids is 1. The normalized spacial score (nSPS) is 18.9. The molecule has 8 heteroatoms. The van der Waals surface area contributed by atoms with Crippen molar-refractivity contribution in [3.8, 4) is 11.3 Å². The molecule has 0 saturated carbocycles. The molecule has 1 saturated heterocycles. The van der Waals surface area contributed by atoms with Gasteiger partial charge < -0.3 is 19.7 Å². The quantitative estimate of drug-likeness (QED) is 0.617. The van der Waals surface area contributed by atoms with E-state index < -0.39 is 5.97 Å². The van der Waals surface area contributed by atoms with Crippen molar-refractivity contribution in [2.75, 3.05) is 7.05 Å². The van der Waals surface area contributed by atoms with Gasteiger partial charge >= 0.3 is 5.97 Å². The Morgan fingerprint density at radius 2 is 2.11 bits per heavy atom. The van der Waals surface area contributed by atoms with Crippen LogP contribution in [0, 0.1) is 0 Å². The Morgan fingerprint density at radius 3 is 2.82 bits per heavy atom. The van der Waals surface area contributed by atoms with Gasteiger partial charge in [-0.2, -0.15) is 0 Å². The van der Waals surface area contributed by atoms with Crippen molar-refractivity contribution in [3.05, 3.63) is 76.8 Å². The third kappa shape index (κ3) is 3.23. The second-order valence-electron chi connectivity index (χ2n) is 6.44. The molecule has 0 amide bonds. The molecule has 4 rings (SSSR count). The van der Waals surface area contributed by atoms with Crippen LogP contribution in [0.15, 0.2) is 59.1 Å². The third-order valence-corrected chi connectivity index (χ3v) is 5.47. The molecule has 0 unspecified atom stereocenters. The first-order valence-electron chi connectivity index (χ1n) is 8.53. The molecular weight excluding hydrogens is 398 g/mol. The first-order chi connectivity index (χ1) is 13.5. The summed E-state index contributed by atoms with van der Waals surface area (Å²) in [5, 5.41) is 13.5. The lowest BCUT2D eigenvalue weighted by Gasteiger charge is -2.21. The lowest BCUT2D eigenvalue weighted by atomic mass is 10.0. The fraction of sp³-hybridized carbons (Fsp3) is 0.150. The van der Waals surface area contributed by atoms with E-state index in [0.29, 0.717) is 27.2 Å². The van der Waals surface area contributed by atoms with E-state index in [-0.39, 0.29) is 17.6 Å². The number of carbonyl (C=O) groups is 1. The molecule has 142 valence electrons. The van der Waals surface area contributed by atoms with Crippen LogP contribution in [-0.4, -0.2) is 33.1 Å². The number of benzene rings is 1. The summed E-state index contributed by atoms with van der Waals surface area (Å²) in [7, 11) is 1.89. The minimum absolute atomic E-state index is 0.143. The van der Waals surface area contributed by atoms with E-state index in [0.717, 1.165) is 5.69 Å². The van der Waals surface area contributed by atoms with Gasteiger partial charge in [0.1, 0.15) is 17.6 Å². The number of nitrogens with zero attached hydrogens (tertiary/aromatic N) is 2. The van der Waals surface area contributed by atoms with Gasteiger partial charge in [-0.25, -0.2) is 4.79 Å². The Hall–Kier alpha value is -2.90. The molecule has 0 bridgehead atoms. The molecule has 1 aliphatic heterocycles. The average Bonchev–Trinajstić information content (AvgIpc) is 3.28. The lowest BCUT2D eigenvalue weighted by Crippen LogP contribution is -2.24. The summed E-state index contributed by atoms with van der Waals surface area (Å²) in [6.45, 7) is 0. The third-order valence-electron chi connectivity index (χ3n) is 4.74. The van der Waals surface area contributed by atoms with E-state index in [1.807, 2.05) is 36.2 Å². The largest absolute Gasteiger partial charge is 0.478 e. The Balaban J connectivity index is 1.73. The number of halogens is 1. The average molecular weight is 414 g/mol. The number of aromatic carboxylic acids is 1. The van der Waals surface area contributed by atoms with Crippen LogP contribution >= 0.6 is 23.8 Å². The number of pyridine rings is 1. The molecule has 1 aromatic carbocycles. The molecule has 1 fully saturated rings. The molecule has 0 radical (unpaired) electrons. The van der Waals surface area contributed by atoms with Crippen LogP contribution in [0.4, 0.5) is 0 Å². The summed E-state index contributed by atoms with van der Waals surface area (Å²) in [6, 6.07) is 13.5. The Labute approximate surface area is 171 Å². The molecule has 28 heavy (non-hydrogen) atoms. The van der Waals surface area contributed by atoms with Crippen molar-refractivity contribution in [2.24, 2.45) is 0 Å². The highest BCUT2D eigenvalue weighted by Crippen LogP contribution is 2.40. The van der Waals surface area contributed by atoms with Crippen molar-refractivity contribution >= 4 is 34.9 Å². The van der Waals surface area contributed by atoms with Gasteiger partial charge in [0, 0.05) is 18.8 Å². The van der Waals surface area contributed by atoms with E-state index in [1.54, 1.807) is 18.3 Å². The second-order valence-corrected chi connectivity index (χ2v) is 7.23. The number of carboxylic acid groups (broad SMARTS) is 1. The Bertz CT molecular complexity index is 1050. The number of likely N-dealkylation sites (N-methyl/N-ethyl adjacent to an activating group) is 1. The number of hydrogen-bond donors (Lipinski definition) is 2. The lowest BCUT2D eigenvalue weighted by molar-refractivity contribution is 0.0697. The standard InChI is InChI=1S/C20H16ClN3O3S/c1-24-18(17(23-20(24)28)14-4-2-3-9-22-14)16-8-7-15(27-16)12-10-11(19(25)26)5-6-13(12)21/h2-10,17-18H,1H3,(H,23,28)(H,25,26)/t17-,18-/m0/s1. The van der Waals surface area contributed by atoms with Crippen molar-refractivity contribution in [1.82, 2.24) is 15.2 Å². The van der Waals surface area contributed by atoms with Gasteiger partial charge in [-0.3, -0.25) is 4.98 Å². The summed E-state index contributed by atoms with van der Waals surface area (Å²) in [4.78, 5) is 17.6. The number of thiocarbonyl (C=S) groups is 1. The van der Waals surface area contributed by atoms with Crippen LogP contribution in [0.25, 0.3) is 11.3 Å². The van der Waals surface area contributed by atoms with Crippen molar-refractivity contribution in [3.63, 3.8) is 0 Å². The molecule has 1 aliphatic rings. The topological polar surface area (TPSA) is 78.6 Å². The van der Waals surface area contributed by atoms with Crippen molar-refractivity contribution in [2.45, 2.75) is 12.1 Å². The van der Waals surface area contributed by atoms with Gasteiger partial charge in [-0.1, -0.05) is 17.7 Å². The molecule has 3 aromatic rings. The maximum absolute atomic E-state index is 11.3.